The van der Waals surface area contributed by atoms with Crippen LogP contribution in [-0.2, 0) is 11.4 Å². The van der Waals surface area contributed by atoms with E-state index in [1.807, 2.05) is 36.4 Å². The van der Waals surface area contributed by atoms with Gasteiger partial charge in [-0.1, -0.05) is 35.9 Å². The van der Waals surface area contributed by atoms with E-state index in [2.05, 4.69) is 29.7 Å². The first kappa shape index (κ1) is 18.3. The molecule has 0 bridgehead atoms. The van der Waals surface area contributed by atoms with E-state index in [4.69, 9.17) is 4.74 Å². The van der Waals surface area contributed by atoms with Crippen molar-refractivity contribution in [2.45, 2.75) is 32.4 Å². The Bertz CT molecular complexity index is 685. The lowest BCUT2D eigenvalue weighted by atomic mass is 10.1. The van der Waals surface area contributed by atoms with Gasteiger partial charge in [0.05, 0.1) is 6.04 Å². The maximum Gasteiger partial charge on any atom is 0.241 e. The molecule has 1 aliphatic rings. The Morgan fingerprint density at radius 3 is 2.83 bits per heavy atom. The molecule has 2 aromatic rings. The van der Waals surface area contributed by atoms with Gasteiger partial charge in [0.15, 0.2) is 0 Å². The zero-order valence-electron chi connectivity index (χ0n) is 13.7. The van der Waals surface area contributed by atoms with Crippen LogP contribution >= 0.6 is 12.4 Å². The van der Waals surface area contributed by atoms with Crippen molar-refractivity contribution in [1.29, 1.82) is 0 Å². The monoisotopic (exact) mass is 346 g/mol. The molecular formula is C19H23ClN2O2. The molecule has 2 N–H and O–H groups in total. The van der Waals surface area contributed by atoms with E-state index < -0.39 is 0 Å². The van der Waals surface area contributed by atoms with Gasteiger partial charge in [-0.3, -0.25) is 4.79 Å². The van der Waals surface area contributed by atoms with Gasteiger partial charge in [-0.25, -0.2) is 0 Å². The second-order valence-corrected chi connectivity index (χ2v) is 5.94. The topological polar surface area (TPSA) is 50.4 Å². The first-order chi connectivity index (χ1) is 11.2. The first-order valence-corrected chi connectivity index (χ1v) is 8.03. The summed E-state index contributed by atoms with van der Waals surface area (Å²) in [6.45, 7) is 3.50. The molecule has 1 heterocycles. The van der Waals surface area contributed by atoms with Crippen molar-refractivity contribution in [2.24, 2.45) is 0 Å². The van der Waals surface area contributed by atoms with Gasteiger partial charge in [-0.05, 0) is 44.0 Å². The maximum atomic E-state index is 12.1. The van der Waals surface area contributed by atoms with Crippen LogP contribution < -0.4 is 15.4 Å². The van der Waals surface area contributed by atoms with Crippen molar-refractivity contribution in [1.82, 2.24) is 5.32 Å². The minimum absolute atomic E-state index is 0. The van der Waals surface area contributed by atoms with Crippen LogP contribution in [0.3, 0.4) is 0 Å². The number of hydrogen-bond donors (Lipinski definition) is 2. The zero-order valence-corrected chi connectivity index (χ0v) is 14.6. The first-order valence-electron chi connectivity index (χ1n) is 8.03. The normalized spacial score (nSPS) is 16.3. The number of benzene rings is 2. The van der Waals surface area contributed by atoms with E-state index in [0.29, 0.717) is 6.61 Å². The quantitative estimate of drug-likeness (QED) is 0.868. The van der Waals surface area contributed by atoms with Crippen molar-refractivity contribution in [3.05, 3.63) is 59.7 Å². The van der Waals surface area contributed by atoms with Crippen molar-refractivity contribution in [3.8, 4) is 5.75 Å². The van der Waals surface area contributed by atoms with Gasteiger partial charge in [0.25, 0.3) is 0 Å². The fourth-order valence-electron chi connectivity index (χ4n) is 2.77. The van der Waals surface area contributed by atoms with Crippen LogP contribution in [0.4, 0.5) is 5.69 Å². The summed E-state index contributed by atoms with van der Waals surface area (Å²) >= 11 is 0. The van der Waals surface area contributed by atoms with Crippen molar-refractivity contribution < 1.29 is 9.53 Å². The molecule has 128 valence electrons. The molecule has 0 aliphatic carbocycles. The number of carbonyl (C=O) groups excluding carboxylic acids is 1. The Morgan fingerprint density at radius 1 is 1.25 bits per heavy atom. The van der Waals surface area contributed by atoms with E-state index in [1.165, 1.54) is 5.56 Å². The average Bonchev–Trinajstić information content (AvgIpc) is 3.08. The molecule has 1 fully saturated rings. The number of halogens is 1. The van der Waals surface area contributed by atoms with Crippen LogP contribution in [0.15, 0.2) is 48.5 Å². The molecule has 3 rings (SSSR count). The third kappa shape index (κ3) is 4.98. The van der Waals surface area contributed by atoms with Crippen LogP contribution in [0, 0.1) is 6.92 Å². The molecule has 1 unspecified atom stereocenters. The number of hydrogen-bond acceptors (Lipinski definition) is 3. The summed E-state index contributed by atoms with van der Waals surface area (Å²) in [5.74, 6) is 0.780. The molecule has 2 aromatic carbocycles. The number of nitrogens with one attached hydrogen (secondary N) is 2. The summed E-state index contributed by atoms with van der Waals surface area (Å²) in [4.78, 5) is 12.1. The smallest absolute Gasteiger partial charge is 0.241 e. The predicted octanol–water partition coefficient (Wildman–Crippen LogP) is 3.69. The molecule has 5 heteroatoms. The zero-order chi connectivity index (χ0) is 16.1. The van der Waals surface area contributed by atoms with Crippen LogP contribution in [0.2, 0.25) is 0 Å². The molecule has 4 nitrogen and oxygen atoms in total. The number of amides is 1. The fraction of sp³-hybridized carbons (Fsp3) is 0.316. The Morgan fingerprint density at radius 2 is 2.08 bits per heavy atom. The summed E-state index contributed by atoms with van der Waals surface area (Å²) < 4.78 is 5.83. The highest BCUT2D eigenvalue weighted by atomic mass is 35.5. The SMILES string of the molecule is Cc1cccc(COc2cccc(NC(=O)C3CCCN3)c2)c1.Cl. The Balaban J connectivity index is 0.00000208. The van der Waals surface area contributed by atoms with Gasteiger partial charge < -0.3 is 15.4 Å². The number of aryl methyl sites for hydroxylation is 1. The minimum Gasteiger partial charge on any atom is -0.489 e. The van der Waals surface area contributed by atoms with Crippen molar-refractivity contribution in [3.63, 3.8) is 0 Å². The maximum absolute atomic E-state index is 12.1. The third-order valence-corrected chi connectivity index (χ3v) is 3.97. The van der Waals surface area contributed by atoms with E-state index in [9.17, 15) is 4.79 Å². The molecule has 1 amide bonds. The molecule has 0 saturated carbocycles. The highest BCUT2D eigenvalue weighted by Gasteiger charge is 2.21. The number of rotatable bonds is 5. The number of carbonyl (C=O) groups is 1. The lowest BCUT2D eigenvalue weighted by Gasteiger charge is -2.12. The molecule has 24 heavy (non-hydrogen) atoms. The Labute approximate surface area is 149 Å². The minimum atomic E-state index is -0.0770. The fourth-order valence-corrected chi connectivity index (χ4v) is 2.77. The Hall–Kier alpha value is -2.04. The van der Waals surface area contributed by atoms with Crippen molar-refractivity contribution in [2.75, 3.05) is 11.9 Å². The predicted molar refractivity (Wildman–Crippen MR) is 98.9 cm³/mol. The molecule has 0 spiro atoms. The molecule has 1 saturated heterocycles. The van der Waals surface area contributed by atoms with E-state index in [0.717, 1.165) is 36.4 Å². The third-order valence-electron chi connectivity index (χ3n) is 3.97. The lowest BCUT2D eigenvalue weighted by molar-refractivity contribution is -0.117. The Kier molecular flexibility index (Phi) is 6.64. The largest absolute Gasteiger partial charge is 0.489 e. The second kappa shape index (κ2) is 8.71. The van der Waals surface area contributed by atoms with Gasteiger partial charge in [-0.15, -0.1) is 12.4 Å². The highest BCUT2D eigenvalue weighted by Crippen LogP contribution is 2.19. The molecule has 0 radical (unpaired) electrons. The van der Waals surface area contributed by atoms with Crippen LogP contribution in [0.5, 0.6) is 5.75 Å². The molecular weight excluding hydrogens is 324 g/mol. The molecule has 1 atom stereocenters. The van der Waals surface area contributed by atoms with E-state index in [-0.39, 0.29) is 24.4 Å². The van der Waals surface area contributed by atoms with E-state index in [1.54, 1.807) is 0 Å². The summed E-state index contributed by atoms with van der Waals surface area (Å²) in [5.41, 5.74) is 3.12. The van der Waals surface area contributed by atoms with Gasteiger partial charge in [0.1, 0.15) is 12.4 Å². The summed E-state index contributed by atoms with van der Waals surface area (Å²) in [7, 11) is 0. The summed E-state index contributed by atoms with van der Waals surface area (Å²) in [5, 5.41) is 6.15. The standard InChI is InChI=1S/C19H22N2O2.ClH/c1-14-5-2-6-15(11-14)13-23-17-8-3-7-16(12-17)21-19(22)18-9-4-10-20-18;/h2-3,5-8,11-12,18,20H,4,9-10,13H2,1H3,(H,21,22);1H. The van der Waals surface area contributed by atoms with Gasteiger partial charge >= 0.3 is 0 Å². The molecule has 1 aliphatic heterocycles. The highest BCUT2D eigenvalue weighted by molar-refractivity contribution is 5.95. The summed E-state index contributed by atoms with van der Waals surface area (Å²) in [6.07, 6.45) is 1.95. The lowest BCUT2D eigenvalue weighted by Crippen LogP contribution is -2.35. The summed E-state index contributed by atoms with van der Waals surface area (Å²) in [6, 6.07) is 15.7. The van der Waals surface area contributed by atoms with Crippen molar-refractivity contribution >= 4 is 24.0 Å². The number of anilines is 1. The number of ether oxygens (including phenoxy) is 1. The van der Waals surface area contributed by atoms with Gasteiger partial charge in [0, 0.05) is 11.8 Å². The van der Waals surface area contributed by atoms with Crippen LogP contribution in [0.1, 0.15) is 24.0 Å². The van der Waals surface area contributed by atoms with Gasteiger partial charge in [-0.2, -0.15) is 0 Å². The van der Waals surface area contributed by atoms with Gasteiger partial charge in [0.2, 0.25) is 5.91 Å². The van der Waals surface area contributed by atoms with Crippen LogP contribution in [0.25, 0.3) is 0 Å². The van der Waals surface area contributed by atoms with E-state index >= 15 is 0 Å². The second-order valence-electron chi connectivity index (χ2n) is 5.94. The van der Waals surface area contributed by atoms with Crippen LogP contribution in [-0.4, -0.2) is 18.5 Å². The molecule has 0 aromatic heterocycles. The average molecular weight is 347 g/mol.